The Morgan fingerprint density at radius 3 is 2.50 bits per heavy atom. The Morgan fingerprint density at radius 1 is 1.00 bits per heavy atom. The molecule has 4 rings (SSSR count). The van der Waals surface area contributed by atoms with E-state index in [1.54, 1.807) is 4.90 Å². The zero-order chi connectivity index (χ0) is 19.3. The van der Waals surface area contributed by atoms with Gasteiger partial charge >= 0.3 is 0 Å². The highest BCUT2D eigenvalue weighted by molar-refractivity contribution is 6.30. The summed E-state index contributed by atoms with van der Waals surface area (Å²) in [5, 5.41) is 3.73. The first-order valence-corrected chi connectivity index (χ1v) is 10.5. The molecule has 1 amide bonds. The van der Waals surface area contributed by atoms with Crippen molar-refractivity contribution in [1.29, 1.82) is 0 Å². The van der Waals surface area contributed by atoms with Gasteiger partial charge in [0, 0.05) is 23.6 Å². The number of hydrogen-bond acceptors (Lipinski definition) is 2. The summed E-state index contributed by atoms with van der Waals surface area (Å²) in [7, 11) is 0. The quantitative estimate of drug-likeness (QED) is 0.632. The summed E-state index contributed by atoms with van der Waals surface area (Å²) in [5.74, 6) is 1.17. The SMILES string of the molecule is O=C(C[NH+]1CC[NH+](Cc2ccc3c(c2)CCO3)CC1)NCc1ccc(Cl)cc1. The number of carbonyl (C=O) groups is 1. The molecule has 2 aromatic carbocycles. The van der Waals surface area contributed by atoms with E-state index in [1.165, 1.54) is 16.0 Å². The molecular formula is C22H28ClN3O2+2. The van der Waals surface area contributed by atoms with E-state index in [2.05, 4.69) is 23.5 Å². The fourth-order valence-electron chi connectivity index (χ4n) is 4.04. The van der Waals surface area contributed by atoms with Gasteiger partial charge < -0.3 is 19.9 Å². The van der Waals surface area contributed by atoms with Gasteiger partial charge in [-0.25, -0.2) is 0 Å². The van der Waals surface area contributed by atoms with Crippen molar-refractivity contribution in [1.82, 2.24) is 5.32 Å². The van der Waals surface area contributed by atoms with Crippen LogP contribution < -0.4 is 19.9 Å². The van der Waals surface area contributed by atoms with Crippen molar-refractivity contribution in [3.05, 3.63) is 64.2 Å². The van der Waals surface area contributed by atoms with Gasteiger partial charge in [-0.15, -0.1) is 0 Å². The molecule has 2 aromatic rings. The Labute approximate surface area is 171 Å². The molecule has 0 radical (unpaired) electrons. The minimum Gasteiger partial charge on any atom is -0.493 e. The van der Waals surface area contributed by atoms with Crippen LogP contribution in [0, 0.1) is 0 Å². The maximum absolute atomic E-state index is 12.3. The third-order valence-electron chi connectivity index (χ3n) is 5.69. The number of nitrogens with one attached hydrogen (secondary N) is 3. The number of amides is 1. The van der Waals surface area contributed by atoms with Crippen LogP contribution in [0.5, 0.6) is 5.75 Å². The average Bonchev–Trinajstić information content (AvgIpc) is 3.17. The molecular weight excluding hydrogens is 374 g/mol. The lowest BCUT2D eigenvalue weighted by Gasteiger charge is -2.29. The number of rotatable bonds is 6. The highest BCUT2D eigenvalue weighted by atomic mass is 35.5. The van der Waals surface area contributed by atoms with Crippen LogP contribution in [0.1, 0.15) is 16.7 Å². The molecule has 0 spiro atoms. The van der Waals surface area contributed by atoms with Gasteiger partial charge in [-0.05, 0) is 41.5 Å². The molecule has 0 aromatic heterocycles. The number of carbonyl (C=O) groups excluding carboxylic acids is 1. The first-order chi connectivity index (χ1) is 13.7. The standard InChI is InChI=1S/C22H26ClN3O2/c23-20-4-1-17(2-5-20)14-24-22(27)16-26-10-8-25(9-11-26)15-18-3-6-21-19(13-18)7-12-28-21/h1-6,13H,7-12,14-16H2,(H,24,27)/p+2. The zero-order valence-corrected chi connectivity index (χ0v) is 16.9. The van der Waals surface area contributed by atoms with E-state index in [9.17, 15) is 4.79 Å². The topological polar surface area (TPSA) is 47.2 Å². The van der Waals surface area contributed by atoms with E-state index in [-0.39, 0.29) is 5.91 Å². The van der Waals surface area contributed by atoms with Crippen molar-refractivity contribution in [2.75, 3.05) is 39.3 Å². The second kappa shape index (κ2) is 8.95. The Hall–Kier alpha value is -2.08. The number of halogens is 1. The second-order valence-electron chi connectivity index (χ2n) is 7.80. The van der Waals surface area contributed by atoms with Crippen LogP contribution in [0.25, 0.3) is 0 Å². The van der Waals surface area contributed by atoms with Gasteiger partial charge in [0.2, 0.25) is 0 Å². The highest BCUT2D eigenvalue weighted by Crippen LogP contribution is 2.25. The summed E-state index contributed by atoms with van der Waals surface area (Å²) < 4.78 is 5.59. The minimum absolute atomic E-state index is 0.118. The summed E-state index contributed by atoms with van der Waals surface area (Å²) in [5.41, 5.74) is 3.81. The molecule has 28 heavy (non-hydrogen) atoms. The molecule has 0 bridgehead atoms. The molecule has 148 valence electrons. The average molecular weight is 402 g/mol. The molecule has 0 aliphatic carbocycles. The summed E-state index contributed by atoms with van der Waals surface area (Å²) in [6, 6.07) is 14.2. The van der Waals surface area contributed by atoms with Gasteiger partial charge in [0.05, 0.1) is 6.61 Å². The first-order valence-electron chi connectivity index (χ1n) is 10.1. The fourth-order valence-corrected chi connectivity index (χ4v) is 4.17. The Bertz CT molecular complexity index is 817. The van der Waals surface area contributed by atoms with Gasteiger partial charge in [-0.2, -0.15) is 0 Å². The molecule has 0 atom stereocenters. The molecule has 5 nitrogen and oxygen atoms in total. The van der Waals surface area contributed by atoms with Crippen molar-refractivity contribution in [3.8, 4) is 5.75 Å². The van der Waals surface area contributed by atoms with Crippen molar-refractivity contribution < 1.29 is 19.3 Å². The van der Waals surface area contributed by atoms with E-state index in [0.717, 1.165) is 57.1 Å². The highest BCUT2D eigenvalue weighted by Gasteiger charge is 2.25. The number of piperazine rings is 1. The summed E-state index contributed by atoms with van der Waals surface area (Å²) in [6.07, 6.45) is 1.03. The maximum Gasteiger partial charge on any atom is 0.275 e. The molecule has 0 unspecified atom stereocenters. The lowest BCUT2D eigenvalue weighted by Crippen LogP contribution is -3.28. The molecule has 1 fully saturated rings. The molecule has 2 aliphatic heterocycles. The number of quaternary nitrogens is 2. The Balaban J connectivity index is 1.18. The number of hydrogen-bond donors (Lipinski definition) is 3. The molecule has 2 heterocycles. The van der Waals surface area contributed by atoms with Crippen LogP contribution >= 0.6 is 11.6 Å². The van der Waals surface area contributed by atoms with Crippen LogP contribution in [0.3, 0.4) is 0 Å². The van der Waals surface area contributed by atoms with Crippen LogP contribution in [-0.2, 0) is 24.3 Å². The lowest BCUT2D eigenvalue weighted by atomic mass is 10.1. The van der Waals surface area contributed by atoms with Crippen LogP contribution in [0.4, 0.5) is 0 Å². The van der Waals surface area contributed by atoms with Crippen molar-refractivity contribution in [2.24, 2.45) is 0 Å². The maximum atomic E-state index is 12.3. The summed E-state index contributed by atoms with van der Waals surface area (Å²) in [6.45, 7) is 7.27. The van der Waals surface area contributed by atoms with E-state index in [1.807, 2.05) is 24.3 Å². The van der Waals surface area contributed by atoms with Gasteiger partial charge in [-0.1, -0.05) is 23.7 Å². The van der Waals surface area contributed by atoms with Crippen molar-refractivity contribution in [3.63, 3.8) is 0 Å². The second-order valence-corrected chi connectivity index (χ2v) is 8.23. The van der Waals surface area contributed by atoms with Crippen LogP contribution in [-0.4, -0.2) is 45.2 Å². The summed E-state index contributed by atoms with van der Waals surface area (Å²) in [4.78, 5) is 15.2. The van der Waals surface area contributed by atoms with Gasteiger partial charge in [-0.3, -0.25) is 4.79 Å². The predicted molar refractivity (Wildman–Crippen MR) is 109 cm³/mol. The number of ether oxygens (including phenoxy) is 1. The minimum atomic E-state index is 0.118. The molecule has 6 heteroatoms. The largest absolute Gasteiger partial charge is 0.493 e. The van der Waals surface area contributed by atoms with E-state index in [0.29, 0.717) is 18.1 Å². The smallest absolute Gasteiger partial charge is 0.275 e. The van der Waals surface area contributed by atoms with Crippen molar-refractivity contribution in [2.45, 2.75) is 19.5 Å². The number of benzene rings is 2. The molecule has 2 aliphatic rings. The third-order valence-corrected chi connectivity index (χ3v) is 5.94. The number of fused-ring (bicyclic) bond motifs is 1. The van der Waals surface area contributed by atoms with Crippen LogP contribution in [0.15, 0.2) is 42.5 Å². The first kappa shape index (κ1) is 19.2. The van der Waals surface area contributed by atoms with Crippen LogP contribution in [0.2, 0.25) is 5.02 Å². The van der Waals surface area contributed by atoms with Gasteiger partial charge in [0.1, 0.15) is 38.5 Å². The zero-order valence-electron chi connectivity index (χ0n) is 16.1. The van der Waals surface area contributed by atoms with Gasteiger partial charge in [0.25, 0.3) is 5.91 Å². The third kappa shape index (κ3) is 5.04. The Morgan fingerprint density at radius 2 is 1.71 bits per heavy atom. The normalized spacial score (nSPS) is 21.0. The predicted octanol–water partition coefficient (Wildman–Crippen LogP) is -0.125. The van der Waals surface area contributed by atoms with E-state index in [4.69, 9.17) is 16.3 Å². The van der Waals surface area contributed by atoms with Crippen molar-refractivity contribution >= 4 is 17.5 Å². The molecule has 3 N–H and O–H groups in total. The van der Waals surface area contributed by atoms with Gasteiger partial charge in [0.15, 0.2) is 6.54 Å². The molecule has 0 saturated carbocycles. The summed E-state index contributed by atoms with van der Waals surface area (Å²) >= 11 is 5.89. The Kier molecular flexibility index (Phi) is 6.15. The van der Waals surface area contributed by atoms with E-state index >= 15 is 0 Å². The van der Waals surface area contributed by atoms with E-state index < -0.39 is 0 Å². The lowest BCUT2D eigenvalue weighted by molar-refractivity contribution is -1.02. The monoisotopic (exact) mass is 401 g/mol. The fraction of sp³-hybridized carbons (Fsp3) is 0.409. The molecule has 1 saturated heterocycles.